The zero-order valence-electron chi connectivity index (χ0n) is 15.9. The molecule has 3 aromatic rings. The summed E-state index contributed by atoms with van der Waals surface area (Å²) in [6.07, 6.45) is 3.18. The van der Waals surface area contributed by atoms with Gasteiger partial charge in [-0.1, -0.05) is 49.7 Å². The number of thioether (sulfide) groups is 1. The molecule has 0 spiro atoms. The molecule has 0 bridgehead atoms. The molecule has 8 heteroatoms. The molecule has 0 aliphatic carbocycles. The molecule has 0 radical (unpaired) electrons. The van der Waals surface area contributed by atoms with Crippen LogP contribution in [0.25, 0.3) is 11.4 Å². The highest BCUT2D eigenvalue weighted by Gasteiger charge is 2.16. The Morgan fingerprint density at radius 2 is 2.11 bits per heavy atom. The second-order valence-corrected chi connectivity index (χ2v) is 8.73. The fourth-order valence-electron chi connectivity index (χ4n) is 2.80. The molecule has 28 heavy (non-hydrogen) atoms. The van der Waals surface area contributed by atoms with Crippen LogP contribution >= 0.6 is 34.7 Å². The van der Waals surface area contributed by atoms with E-state index in [1.54, 1.807) is 23.5 Å². The second kappa shape index (κ2) is 10.1. The van der Waals surface area contributed by atoms with Gasteiger partial charge >= 0.3 is 0 Å². The quantitative estimate of drug-likeness (QED) is 0.435. The van der Waals surface area contributed by atoms with Gasteiger partial charge in [0.1, 0.15) is 0 Å². The number of carbonyl (C=O) groups excluding carboxylic acids is 1. The molecule has 0 saturated heterocycles. The van der Waals surface area contributed by atoms with Crippen LogP contribution in [0.4, 0.5) is 5.69 Å². The fourth-order valence-corrected chi connectivity index (χ4v) is 4.73. The average molecular weight is 435 g/mol. The Hall–Kier alpha value is -1.83. The highest BCUT2D eigenvalue weighted by atomic mass is 35.5. The molecule has 0 aliphatic rings. The van der Waals surface area contributed by atoms with Crippen LogP contribution in [0.5, 0.6) is 0 Å². The lowest BCUT2D eigenvalue weighted by atomic mass is 10.2. The van der Waals surface area contributed by atoms with Crippen molar-refractivity contribution in [1.82, 2.24) is 14.8 Å². The van der Waals surface area contributed by atoms with Gasteiger partial charge in [-0.05, 0) is 37.1 Å². The molecule has 5 nitrogen and oxygen atoms in total. The van der Waals surface area contributed by atoms with E-state index in [0.29, 0.717) is 10.7 Å². The number of hydrogen-bond donors (Lipinski definition) is 1. The van der Waals surface area contributed by atoms with E-state index in [4.69, 9.17) is 11.6 Å². The van der Waals surface area contributed by atoms with Gasteiger partial charge in [-0.3, -0.25) is 4.79 Å². The van der Waals surface area contributed by atoms with Crippen molar-refractivity contribution in [2.45, 2.75) is 44.8 Å². The van der Waals surface area contributed by atoms with Crippen molar-refractivity contribution in [3.63, 3.8) is 0 Å². The van der Waals surface area contributed by atoms with Crippen LogP contribution in [-0.4, -0.2) is 26.4 Å². The largest absolute Gasteiger partial charge is 0.325 e. The summed E-state index contributed by atoms with van der Waals surface area (Å²) in [5.74, 6) is 1.04. The molecule has 0 saturated carbocycles. The van der Waals surface area contributed by atoms with Crippen molar-refractivity contribution >= 4 is 46.3 Å². The Balaban J connectivity index is 1.69. The minimum Gasteiger partial charge on any atom is -0.325 e. The average Bonchev–Trinajstić information content (AvgIpc) is 3.28. The first kappa shape index (κ1) is 20.9. The zero-order valence-corrected chi connectivity index (χ0v) is 18.3. The van der Waals surface area contributed by atoms with Gasteiger partial charge in [0.15, 0.2) is 11.0 Å². The normalized spacial score (nSPS) is 11.0. The van der Waals surface area contributed by atoms with E-state index in [0.717, 1.165) is 42.4 Å². The standard InChI is InChI=1S/C20H23ClN4OS2/c1-3-6-17-10-14(12-27-17)19-23-24-20(25(19)9-4-2)28-13-18(26)22-16-8-5-7-15(21)11-16/h5,7-8,10-12H,3-4,6,9,13H2,1-2H3,(H,22,26). The Bertz CT molecular complexity index is 938. The highest BCUT2D eigenvalue weighted by molar-refractivity contribution is 7.99. The third kappa shape index (κ3) is 5.37. The number of aromatic nitrogens is 3. The summed E-state index contributed by atoms with van der Waals surface area (Å²) in [4.78, 5) is 13.6. The van der Waals surface area contributed by atoms with Crippen molar-refractivity contribution in [2.75, 3.05) is 11.1 Å². The Labute approximate surface area is 178 Å². The predicted octanol–water partition coefficient (Wildman–Crippen LogP) is 5.75. The summed E-state index contributed by atoms with van der Waals surface area (Å²) in [7, 11) is 0. The van der Waals surface area contributed by atoms with Gasteiger partial charge < -0.3 is 9.88 Å². The molecule has 0 aliphatic heterocycles. The SMILES string of the molecule is CCCc1cc(-c2nnc(SCC(=O)Nc3cccc(Cl)c3)n2CCC)cs1. The summed E-state index contributed by atoms with van der Waals surface area (Å²) in [5.41, 5.74) is 1.79. The summed E-state index contributed by atoms with van der Waals surface area (Å²) in [6, 6.07) is 9.33. The molecule has 0 unspecified atom stereocenters. The summed E-state index contributed by atoms with van der Waals surface area (Å²) in [5, 5.41) is 15.1. The Kier molecular flexibility index (Phi) is 7.53. The summed E-state index contributed by atoms with van der Waals surface area (Å²) in [6.45, 7) is 5.13. The number of benzene rings is 1. The van der Waals surface area contributed by atoms with Gasteiger partial charge in [0.25, 0.3) is 0 Å². The van der Waals surface area contributed by atoms with Crippen LogP contribution in [0.2, 0.25) is 5.02 Å². The molecule has 1 N–H and O–H groups in total. The lowest BCUT2D eigenvalue weighted by Gasteiger charge is -2.08. The third-order valence-electron chi connectivity index (χ3n) is 4.01. The van der Waals surface area contributed by atoms with E-state index in [1.165, 1.54) is 16.6 Å². The highest BCUT2D eigenvalue weighted by Crippen LogP contribution is 2.29. The Morgan fingerprint density at radius 3 is 2.86 bits per heavy atom. The third-order valence-corrected chi connectivity index (χ3v) is 6.21. The molecule has 148 valence electrons. The van der Waals surface area contributed by atoms with Crippen LogP contribution in [0.15, 0.2) is 40.9 Å². The van der Waals surface area contributed by atoms with Gasteiger partial charge in [-0.15, -0.1) is 21.5 Å². The number of aryl methyl sites for hydroxylation is 1. The first-order valence-corrected chi connectivity index (χ1v) is 11.5. The number of carbonyl (C=O) groups is 1. The number of thiophene rings is 1. The first-order chi connectivity index (χ1) is 13.6. The van der Waals surface area contributed by atoms with E-state index < -0.39 is 0 Å². The van der Waals surface area contributed by atoms with Gasteiger partial charge in [0.2, 0.25) is 5.91 Å². The first-order valence-electron chi connectivity index (χ1n) is 9.30. The lowest BCUT2D eigenvalue weighted by Crippen LogP contribution is -2.14. The van der Waals surface area contributed by atoms with E-state index >= 15 is 0 Å². The predicted molar refractivity (Wildman–Crippen MR) is 118 cm³/mol. The number of halogens is 1. The maximum absolute atomic E-state index is 12.3. The van der Waals surface area contributed by atoms with Crippen LogP contribution in [-0.2, 0) is 17.8 Å². The van der Waals surface area contributed by atoms with Gasteiger partial charge in [0, 0.05) is 33.1 Å². The molecule has 2 aromatic heterocycles. The molecular weight excluding hydrogens is 412 g/mol. The topological polar surface area (TPSA) is 59.8 Å². The zero-order chi connectivity index (χ0) is 19.9. The molecule has 1 amide bonds. The van der Waals surface area contributed by atoms with Gasteiger partial charge in [-0.25, -0.2) is 0 Å². The van der Waals surface area contributed by atoms with Crippen molar-refractivity contribution in [1.29, 1.82) is 0 Å². The van der Waals surface area contributed by atoms with Crippen LogP contribution in [0.1, 0.15) is 31.6 Å². The minimum atomic E-state index is -0.0966. The number of amides is 1. The fraction of sp³-hybridized carbons (Fsp3) is 0.350. The molecule has 0 fully saturated rings. The summed E-state index contributed by atoms with van der Waals surface area (Å²) >= 11 is 9.12. The molecule has 2 heterocycles. The number of rotatable bonds is 9. The van der Waals surface area contributed by atoms with Crippen LogP contribution < -0.4 is 5.32 Å². The van der Waals surface area contributed by atoms with Crippen molar-refractivity contribution < 1.29 is 4.79 Å². The van der Waals surface area contributed by atoms with Crippen LogP contribution in [0, 0.1) is 0 Å². The summed E-state index contributed by atoms with van der Waals surface area (Å²) < 4.78 is 2.11. The van der Waals surface area contributed by atoms with E-state index in [2.05, 4.69) is 45.4 Å². The minimum absolute atomic E-state index is 0.0966. The molecular formula is C20H23ClN4OS2. The molecule has 0 atom stereocenters. The maximum Gasteiger partial charge on any atom is 0.234 e. The van der Waals surface area contributed by atoms with Crippen molar-refractivity contribution in [3.8, 4) is 11.4 Å². The number of anilines is 1. The number of nitrogens with one attached hydrogen (secondary N) is 1. The number of nitrogens with zero attached hydrogens (tertiary/aromatic N) is 3. The Morgan fingerprint density at radius 1 is 1.25 bits per heavy atom. The monoisotopic (exact) mass is 434 g/mol. The van der Waals surface area contributed by atoms with E-state index in [-0.39, 0.29) is 11.7 Å². The lowest BCUT2D eigenvalue weighted by molar-refractivity contribution is -0.113. The second-order valence-electron chi connectivity index (χ2n) is 6.36. The van der Waals surface area contributed by atoms with E-state index in [1.807, 2.05) is 12.1 Å². The van der Waals surface area contributed by atoms with E-state index in [9.17, 15) is 4.79 Å². The van der Waals surface area contributed by atoms with Crippen molar-refractivity contribution in [3.05, 3.63) is 45.6 Å². The van der Waals surface area contributed by atoms with Gasteiger partial charge in [-0.2, -0.15) is 0 Å². The van der Waals surface area contributed by atoms with Gasteiger partial charge in [0.05, 0.1) is 5.75 Å². The molecule has 1 aromatic carbocycles. The van der Waals surface area contributed by atoms with Crippen LogP contribution in [0.3, 0.4) is 0 Å². The maximum atomic E-state index is 12.3. The smallest absolute Gasteiger partial charge is 0.234 e. The molecule has 3 rings (SSSR count). The number of hydrogen-bond acceptors (Lipinski definition) is 5. The van der Waals surface area contributed by atoms with Crippen molar-refractivity contribution in [2.24, 2.45) is 0 Å².